The molecule has 1 aliphatic rings. The van der Waals surface area contributed by atoms with E-state index in [1.54, 1.807) is 0 Å². The van der Waals surface area contributed by atoms with Crippen LogP contribution >= 0.6 is 0 Å². The first-order valence-corrected chi connectivity index (χ1v) is 5.54. The quantitative estimate of drug-likeness (QED) is 0.679. The molecule has 1 saturated heterocycles. The van der Waals surface area contributed by atoms with Gasteiger partial charge in [0, 0.05) is 17.5 Å². The van der Waals surface area contributed by atoms with Crippen LogP contribution in [0.2, 0.25) is 0 Å². The van der Waals surface area contributed by atoms with E-state index in [0.29, 0.717) is 0 Å². The van der Waals surface area contributed by atoms with Crippen molar-refractivity contribution < 1.29 is 14.7 Å². The highest BCUT2D eigenvalue weighted by Crippen LogP contribution is 2.33. The van der Waals surface area contributed by atoms with Crippen LogP contribution < -0.4 is 10.6 Å². The Morgan fingerprint density at radius 1 is 1.44 bits per heavy atom. The third kappa shape index (κ3) is 2.46. The predicted molar refractivity (Wildman–Crippen MR) is 60.1 cm³/mol. The van der Waals surface area contributed by atoms with Gasteiger partial charge in [-0.15, -0.1) is 0 Å². The van der Waals surface area contributed by atoms with E-state index in [1.165, 1.54) is 0 Å². The van der Waals surface area contributed by atoms with Crippen molar-refractivity contribution in [2.75, 3.05) is 0 Å². The highest BCUT2D eigenvalue weighted by atomic mass is 16.4. The van der Waals surface area contributed by atoms with Gasteiger partial charge >= 0.3 is 12.0 Å². The fourth-order valence-corrected chi connectivity index (χ4v) is 2.44. The number of carbonyl (C=O) groups is 2. The van der Waals surface area contributed by atoms with Crippen LogP contribution in [0.15, 0.2) is 0 Å². The van der Waals surface area contributed by atoms with Gasteiger partial charge in [0.2, 0.25) is 0 Å². The number of carbonyl (C=O) groups excluding carboxylic acids is 1. The van der Waals surface area contributed by atoms with Gasteiger partial charge in [0.05, 0.1) is 6.42 Å². The molecule has 1 rings (SSSR count). The molecule has 1 heterocycles. The van der Waals surface area contributed by atoms with Crippen LogP contribution in [-0.2, 0) is 4.79 Å². The van der Waals surface area contributed by atoms with Gasteiger partial charge in [-0.3, -0.25) is 4.79 Å². The standard InChI is InChI=1S/C11H20N2O3/c1-6(2)9-11(3,4)7(5-8(14)15)12-10(16)13-9/h6-7,9H,5H2,1-4H3,(H,14,15)(H2,12,13,16)/t7-,9-/m1/s1. The summed E-state index contributed by atoms with van der Waals surface area (Å²) < 4.78 is 0. The zero-order valence-corrected chi connectivity index (χ0v) is 10.2. The molecule has 0 bridgehead atoms. The van der Waals surface area contributed by atoms with Crippen LogP contribution in [0.5, 0.6) is 0 Å². The number of nitrogens with one attached hydrogen (secondary N) is 2. The highest BCUT2D eigenvalue weighted by molar-refractivity contribution is 5.77. The van der Waals surface area contributed by atoms with Crippen LogP contribution in [0.1, 0.15) is 34.1 Å². The molecule has 2 atom stereocenters. The molecule has 0 aromatic carbocycles. The summed E-state index contributed by atoms with van der Waals surface area (Å²) in [5.41, 5.74) is -0.277. The first-order chi connectivity index (χ1) is 7.25. The first kappa shape index (κ1) is 12.8. The number of carboxylic acid groups (broad SMARTS) is 1. The maximum Gasteiger partial charge on any atom is 0.315 e. The van der Waals surface area contributed by atoms with Crippen LogP contribution in [0, 0.1) is 11.3 Å². The number of urea groups is 1. The van der Waals surface area contributed by atoms with Crippen LogP contribution in [-0.4, -0.2) is 29.2 Å². The molecule has 0 unspecified atom stereocenters. The van der Waals surface area contributed by atoms with Crippen LogP contribution in [0.3, 0.4) is 0 Å². The lowest BCUT2D eigenvalue weighted by Gasteiger charge is -2.47. The third-order valence-electron chi connectivity index (χ3n) is 3.34. The summed E-state index contributed by atoms with van der Waals surface area (Å²) in [5.74, 6) is -0.611. The molecule has 0 aromatic heterocycles. The van der Waals surface area contributed by atoms with Crippen molar-refractivity contribution in [2.45, 2.75) is 46.2 Å². The highest BCUT2D eigenvalue weighted by Gasteiger charge is 2.44. The number of hydrogen-bond acceptors (Lipinski definition) is 2. The van der Waals surface area contributed by atoms with Gasteiger partial charge in [0.15, 0.2) is 0 Å². The first-order valence-electron chi connectivity index (χ1n) is 5.54. The molecular weight excluding hydrogens is 208 g/mol. The summed E-state index contributed by atoms with van der Waals surface area (Å²) >= 11 is 0. The van der Waals surface area contributed by atoms with Crippen LogP contribution in [0.4, 0.5) is 4.79 Å². The summed E-state index contributed by atoms with van der Waals surface area (Å²) in [6.07, 6.45) is -0.0381. The second-order valence-corrected chi connectivity index (χ2v) is 5.31. The van der Waals surface area contributed by atoms with Crippen molar-refractivity contribution in [3.8, 4) is 0 Å². The number of amides is 2. The Labute approximate surface area is 95.6 Å². The zero-order chi connectivity index (χ0) is 12.5. The van der Waals surface area contributed by atoms with E-state index in [4.69, 9.17) is 5.11 Å². The summed E-state index contributed by atoms with van der Waals surface area (Å²) in [5, 5.41) is 14.4. The van der Waals surface area contributed by atoms with Gasteiger partial charge in [0.25, 0.3) is 0 Å². The fraction of sp³-hybridized carbons (Fsp3) is 0.818. The Balaban J connectivity index is 2.91. The molecule has 1 aliphatic heterocycles. The molecular formula is C11H20N2O3. The lowest BCUT2D eigenvalue weighted by molar-refractivity contribution is -0.138. The predicted octanol–water partition coefficient (Wildman–Crippen LogP) is 1.19. The van der Waals surface area contributed by atoms with E-state index in [-0.39, 0.29) is 35.9 Å². The monoisotopic (exact) mass is 228 g/mol. The zero-order valence-electron chi connectivity index (χ0n) is 10.2. The van der Waals surface area contributed by atoms with E-state index >= 15 is 0 Å². The molecule has 3 N–H and O–H groups in total. The van der Waals surface area contributed by atoms with Crippen molar-refractivity contribution in [3.63, 3.8) is 0 Å². The summed E-state index contributed by atoms with van der Waals surface area (Å²) in [6, 6.07) is -0.610. The van der Waals surface area contributed by atoms with E-state index in [2.05, 4.69) is 10.6 Å². The Kier molecular flexibility index (Phi) is 3.45. The molecule has 5 nitrogen and oxygen atoms in total. The Hall–Kier alpha value is -1.26. The summed E-state index contributed by atoms with van der Waals surface area (Å²) in [7, 11) is 0. The van der Waals surface area contributed by atoms with Gasteiger partial charge in [-0.2, -0.15) is 0 Å². The van der Waals surface area contributed by atoms with Crippen molar-refractivity contribution in [3.05, 3.63) is 0 Å². The molecule has 92 valence electrons. The van der Waals surface area contributed by atoms with E-state index in [1.807, 2.05) is 27.7 Å². The van der Waals surface area contributed by atoms with Crippen molar-refractivity contribution in [1.82, 2.24) is 10.6 Å². The largest absolute Gasteiger partial charge is 0.481 e. The molecule has 16 heavy (non-hydrogen) atoms. The van der Waals surface area contributed by atoms with E-state index in [0.717, 1.165) is 0 Å². The molecule has 0 radical (unpaired) electrons. The number of aliphatic carboxylic acids is 1. The Morgan fingerprint density at radius 3 is 2.44 bits per heavy atom. The maximum absolute atomic E-state index is 11.4. The van der Waals surface area contributed by atoms with Crippen molar-refractivity contribution >= 4 is 12.0 Å². The van der Waals surface area contributed by atoms with Gasteiger partial charge in [-0.25, -0.2) is 4.79 Å². The lowest BCUT2D eigenvalue weighted by Crippen LogP contribution is -2.66. The topological polar surface area (TPSA) is 78.4 Å². The minimum absolute atomic E-state index is 0.00870. The van der Waals surface area contributed by atoms with Gasteiger partial charge in [0.1, 0.15) is 0 Å². The van der Waals surface area contributed by atoms with Gasteiger partial charge in [-0.1, -0.05) is 27.7 Å². The molecule has 1 fully saturated rings. The summed E-state index contributed by atoms with van der Waals surface area (Å²) in [6.45, 7) is 8.01. The second kappa shape index (κ2) is 4.31. The smallest absolute Gasteiger partial charge is 0.315 e. The minimum Gasteiger partial charge on any atom is -0.481 e. The molecule has 2 amide bonds. The molecule has 0 aliphatic carbocycles. The molecule has 5 heteroatoms. The molecule has 0 saturated carbocycles. The maximum atomic E-state index is 11.4. The normalized spacial score (nSPS) is 28.4. The van der Waals surface area contributed by atoms with Gasteiger partial charge < -0.3 is 15.7 Å². The average molecular weight is 228 g/mol. The van der Waals surface area contributed by atoms with Gasteiger partial charge in [-0.05, 0) is 5.92 Å². The number of rotatable bonds is 3. The number of hydrogen-bond donors (Lipinski definition) is 3. The number of carboxylic acids is 1. The lowest BCUT2D eigenvalue weighted by atomic mass is 9.71. The Morgan fingerprint density at radius 2 is 2.00 bits per heavy atom. The average Bonchev–Trinajstić information content (AvgIpc) is 2.09. The SMILES string of the molecule is CC(C)[C@H]1NC(=O)N[C@H](CC(=O)O)C1(C)C. The Bertz CT molecular complexity index is 298. The minimum atomic E-state index is -0.886. The molecule has 0 spiro atoms. The third-order valence-corrected chi connectivity index (χ3v) is 3.34. The fourth-order valence-electron chi connectivity index (χ4n) is 2.44. The van der Waals surface area contributed by atoms with Crippen molar-refractivity contribution in [1.29, 1.82) is 0 Å². The molecule has 0 aromatic rings. The summed E-state index contributed by atoms with van der Waals surface area (Å²) in [4.78, 5) is 22.2. The van der Waals surface area contributed by atoms with Crippen molar-refractivity contribution in [2.24, 2.45) is 11.3 Å². The van der Waals surface area contributed by atoms with Crippen LogP contribution in [0.25, 0.3) is 0 Å². The second-order valence-electron chi connectivity index (χ2n) is 5.31. The van der Waals surface area contributed by atoms with E-state index < -0.39 is 5.97 Å². The van der Waals surface area contributed by atoms with E-state index in [9.17, 15) is 9.59 Å².